The van der Waals surface area contributed by atoms with Gasteiger partial charge in [-0.25, -0.2) is 4.98 Å². The van der Waals surface area contributed by atoms with Gasteiger partial charge >= 0.3 is 0 Å². The van der Waals surface area contributed by atoms with Crippen LogP contribution < -0.4 is 0 Å². The second-order valence-electron chi connectivity index (χ2n) is 5.78. The molecule has 0 aliphatic carbocycles. The summed E-state index contributed by atoms with van der Waals surface area (Å²) in [6.45, 7) is -11.3. The Labute approximate surface area is 162 Å². The smallest absolute Gasteiger partial charge is 0.228 e. The molecule has 134 valence electrons. The summed E-state index contributed by atoms with van der Waals surface area (Å²) >= 11 is 0. The van der Waals surface area contributed by atoms with Gasteiger partial charge in [-0.1, -0.05) is 0 Å². The molecule has 0 saturated carbocycles. The number of carbonyl (C=O) groups excluding carboxylic acids is 1. The van der Waals surface area contributed by atoms with E-state index >= 15 is 0 Å². The molecule has 7 nitrogen and oxygen atoms in total. The Morgan fingerprint density at radius 1 is 1.19 bits per heavy atom. The molecule has 0 atom stereocenters. The zero-order valence-corrected chi connectivity index (χ0v) is 14.1. The first-order valence-electron chi connectivity index (χ1n) is 11.9. The van der Waals surface area contributed by atoms with Crippen molar-refractivity contribution in [1.29, 1.82) is 0 Å². The van der Waals surface area contributed by atoms with E-state index in [9.17, 15) is 4.79 Å². The molecule has 0 aromatic carbocycles. The van der Waals surface area contributed by atoms with Crippen molar-refractivity contribution in [1.82, 2.24) is 24.4 Å². The van der Waals surface area contributed by atoms with Gasteiger partial charge in [0.2, 0.25) is 5.91 Å². The molecule has 1 aliphatic heterocycles. The molecule has 1 amide bonds. The predicted octanol–water partition coefficient (Wildman–Crippen LogP) is 1.74. The van der Waals surface area contributed by atoms with Gasteiger partial charge in [0.1, 0.15) is 5.82 Å². The number of hydrogen-bond donors (Lipinski definition) is 0. The van der Waals surface area contributed by atoms with Gasteiger partial charge < -0.3 is 14.2 Å². The van der Waals surface area contributed by atoms with Crippen molar-refractivity contribution in [3.63, 3.8) is 0 Å². The number of aryl methyl sites for hydroxylation is 1. The van der Waals surface area contributed by atoms with E-state index in [2.05, 4.69) is 19.7 Å². The van der Waals surface area contributed by atoms with Crippen LogP contribution in [0.1, 0.15) is 22.5 Å². The molecule has 3 aromatic heterocycles. The molecule has 1 saturated heterocycles. The monoisotopic (exact) mass is 359 g/mol. The number of aromatic nitrogens is 4. The van der Waals surface area contributed by atoms with Crippen LogP contribution in [0.3, 0.4) is 0 Å². The minimum atomic E-state index is -3.30. The number of imidazole rings is 1. The number of carbonyl (C=O) groups is 1. The predicted molar refractivity (Wildman–Crippen MR) is 97.6 cm³/mol. The molecule has 0 N–H and O–H groups in total. The van der Waals surface area contributed by atoms with Gasteiger partial charge in [-0.2, -0.15) is 0 Å². The Morgan fingerprint density at radius 2 is 2.00 bits per heavy atom. The van der Waals surface area contributed by atoms with Crippen LogP contribution >= 0.6 is 0 Å². The number of hydrogen-bond acceptors (Lipinski definition) is 5. The summed E-state index contributed by atoms with van der Waals surface area (Å²) < 4.78 is 69.3. The fourth-order valence-corrected chi connectivity index (χ4v) is 2.63. The largest absolute Gasteiger partial charge is 0.378 e. The van der Waals surface area contributed by atoms with Crippen LogP contribution in [0.15, 0.2) is 30.7 Å². The van der Waals surface area contributed by atoms with Crippen molar-refractivity contribution in [3.05, 3.63) is 42.2 Å². The fraction of sp³-hybridized carbons (Fsp3) is 0.368. The van der Waals surface area contributed by atoms with Crippen molar-refractivity contribution < 1.29 is 20.5 Å². The number of nitrogens with zero attached hydrogens (tertiary/aromatic N) is 5. The lowest BCUT2D eigenvalue weighted by molar-refractivity contribution is -0.134. The average Bonchev–Trinajstić information content (AvgIpc) is 3.03. The maximum Gasteiger partial charge on any atom is 0.228 e. The quantitative estimate of drug-likeness (QED) is 0.712. The SMILES string of the molecule is [2H]C1([2H])OC([2H])([2H])C([2H])([2H])N(C(=O)Cc2cc3cc(-c4cnc(C)n4C)cnc3cn2)C1([2H])[2H]. The van der Waals surface area contributed by atoms with Crippen LogP contribution in [-0.2, 0) is 23.0 Å². The maximum absolute atomic E-state index is 13.0. The molecule has 0 unspecified atom stereocenters. The molecule has 26 heavy (non-hydrogen) atoms. The molecular weight excluding hydrogens is 330 g/mol. The molecular formula is C19H21N5O2. The van der Waals surface area contributed by atoms with E-state index in [0.717, 1.165) is 17.1 Å². The van der Waals surface area contributed by atoms with E-state index in [1.807, 2.05) is 24.6 Å². The van der Waals surface area contributed by atoms with E-state index in [0.29, 0.717) is 10.9 Å². The number of rotatable bonds is 3. The lowest BCUT2D eigenvalue weighted by atomic mass is 10.1. The molecule has 4 heterocycles. The van der Waals surface area contributed by atoms with Gasteiger partial charge in [0.15, 0.2) is 0 Å². The first-order chi connectivity index (χ1) is 15.6. The first kappa shape index (κ1) is 9.78. The number of ether oxygens (including phenoxy) is 1. The van der Waals surface area contributed by atoms with Crippen molar-refractivity contribution in [3.8, 4) is 11.3 Å². The van der Waals surface area contributed by atoms with E-state index in [4.69, 9.17) is 11.0 Å². The lowest BCUT2D eigenvalue weighted by Crippen LogP contribution is -2.41. The van der Waals surface area contributed by atoms with Gasteiger partial charge in [-0.3, -0.25) is 14.8 Å². The van der Waals surface area contributed by atoms with Crippen LogP contribution in [0.2, 0.25) is 0 Å². The fourth-order valence-electron chi connectivity index (χ4n) is 2.63. The Bertz CT molecular complexity index is 1270. The standard InChI is InChI=1S/C19H21N5O2/c1-13-20-12-18(23(13)2)15-7-14-8-16(21-11-17(14)22-10-15)9-19(25)24-3-5-26-6-4-24/h7-8,10-12H,3-6,9H2,1-2H3/i3D2,4D2,5D2,6D2. The highest BCUT2D eigenvalue weighted by atomic mass is 16.5. The second-order valence-corrected chi connectivity index (χ2v) is 5.78. The number of fused-ring (bicyclic) bond motifs is 1. The molecule has 1 fully saturated rings. The highest BCUT2D eigenvalue weighted by Crippen LogP contribution is 2.23. The molecule has 4 rings (SSSR count). The van der Waals surface area contributed by atoms with Crippen LogP contribution in [-0.4, -0.2) is 56.4 Å². The summed E-state index contributed by atoms with van der Waals surface area (Å²) in [5.74, 6) is -0.380. The third-order valence-corrected chi connectivity index (χ3v) is 4.14. The summed E-state index contributed by atoms with van der Waals surface area (Å²) in [5.41, 5.74) is 2.27. The van der Waals surface area contributed by atoms with E-state index in [-0.39, 0.29) is 10.6 Å². The molecule has 0 bridgehead atoms. The topological polar surface area (TPSA) is 73.1 Å². The number of amides is 1. The Balaban J connectivity index is 1.70. The molecule has 3 aromatic rings. The summed E-state index contributed by atoms with van der Waals surface area (Å²) in [4.78, 5) is 25.7. The highest BCUT2D eigenvalue weighted by Gasteiger charge is 2.18. The summed E-state index contributed by atoms with van der Waals surface area (Å²) in [5, 5.41) is 0.618. The third-order valence-electron chi connectivity index (χ3n) is 4.14. The van der Waals surface area contributed by atoms with E-state index < -0.39 is 38.4 Å². The van der Waals surface area contributed by atoms with Gasteiger partial charge in [-0.15, -0.1) is 0 Å². The maximum atomic E-state index is 13.0. The molecule has 1 aliphatic rings. The van der Waals surface area contributed by atoms with E-state index in [1.165, 1.54) is 6.20 Å². The van der Waals surface area contributed by atoms with Crippen LogP contribution in [0.25, 0.3) is 22.2 Å². The van der Waals surface area contributed by atoms with Crippen molar-refractivity contribution in [2.45, 2.75) is 13.3 Å². The zero-order chi connectivity index (χ0) is 25.3. The van der Waals surface area contributed by atoms with Gasteiger partial charge in [-0.05, 0) is 19.1 Å². The highest BCUT2D eigenvalue weighted by molar-refractivity contribution is 5.84. The average molecular weight is 359 g/mol. The zero-order valence-electron chi connectivity index (χ0n) is 22.1. The Kier molecular flexibility index (Phi) is 2.57. The van der Waals surface area contributed by atoms with Gasteiger partial charge in [0, 0.05) is 37.2 Å². The lowest BCUT2D eigenvalue weighted by Gasteiger charge is -2.26. The van der Waals surface area contributed by atoms with Crippen LogP contribution in [0.4, 0.5) is 0 Å². The van der Waals surface area contributed by atoms with Crippen molar-refractivity contribution >= 4 is 16.8 Å². The molecule has 0 radical (unpaired) electrons. The van der Waals surface area contributed by atoms with Crippen molar-refractivity contribution in [2.24, 2.45) is 7.05 Å². The van der Waals surface area contributed by atoms with Gasteiger partial charge in [0.05, 0.1) is 59.8 Å². The summed E-state index contributed by atoms with van der Waals surface area (Å²) in [7, 11) is 1.86. The second kappa shape index (κ2) is 6.84. The normalized spacial score (nSPS) is 27.1. The summed E-state index contributed by atoms with van der Waals surface area (Å²) in [6.07, 6.45) is 4.17. The minimum absolute atomic E-state index is 0.0670. The Hall–Kier alpha value is -2.80. The molecule has 7 heteroatoms. The summed E-state index contributed by atoms with van der Waals surface area (Å²) in [6, 6.07) is 3.36. The molecule has 0 spiro atoms. The van der Waals surface area contributed by atoms with E-state index in [1.54, 1.807) is 18.5 Å². The minimum Gasteiger partial charge on any atom is -0.378 e. The number of morpholine rings is 1. The van der Waals surface area contributed by atoms with Gasteiger partial charge in [0.25, 0.3) is 0 Å². The first-order valence-corrected chi connectivity index (χ1v) is 7.85. The number of pyridine rings is 2. The third kappa shape index (κ3) is 3.17. The van der Waals surface area contributed by atoms with Crippen LogP contribution in [0.5, 0.6) is 0 Å². The van der Waals surface area contributed by atoms with Crippen molar-refractivity contribution in [2.75, 3.05) is 26.1 Å². The Morgan fingerprint density at radius 3 is 2.73 bits per heavy atom. The van der Waals surface area contributed by atoms with Crippen LogP contribution in [0, 0.1) is 6.92 Å².